The summed E-state index contributed by atoms with van der Waals surface area (Å²) in [5.74, 6) is 0.572. The number of nitrogens with two attached hydrogens (primary N) is 1. The number of primary sulfonamides is 1. The molecule has 96 valence electrons. The molecule has 0 aliphatic carbocycles. The van der Waals surface area contributed by atoms with Gasteiger partial charge in [-0.05, 0) is 12.3 Å². The minimum absolute atomic E-state index is 0.0316. The van der Waals surface area contributed by atoms with Crippen molar-refractivity contribution in [2.45, 2.75) is 26.4 Å². The zero-order chi connectivity index (χ0) is 12.2. The molecular weight excluding hydrogens is 228 g/mol. The molecule has 0 aromatic heterocycles. The molecule has 0 unspecified atom stereocenters. The molecule has 0 aromatic carbocycles. The molecule has 16 heavy (non-hydrogen) atoms. The molecule has 1 saturated heterocycles. The first kappa shape index (κ1) is 13.9. The van der Waals surface area contributed by atoms with Crippen molar-refractivity contribution in [3.63, 3.8) is 0 Å². The number of rotatable bonds is 6. The first-order valence-electron chi connectivity index (χ1n) is 5.71. The predicted octanol–water partition coefficient (Wildman–Crippen LogP) is 0.0218. The Labute approximate surface area is 98.0 Å². The highest BCUT2D eigenvalue weighted by Crippen LogP contribution is 2.13. The average molecular weight is 250 g/mol. The molecule has 1 aliphatic rings. The van der Waals surface area contributed by atoms with Crippen LogP contribution in [0, 0.1) is 5.92 Å². The molecule has 1 rings (SSSR count). The second-order valence-corrected chi connectivity index (χ2v) is 6.54. The van der Waals surface area contributed by atoms with Gasteiger partial charge < -0.3 is 4.74 Å². The molecule has 1 fully saturated rings. The van der Waals surface area contributed by atoms with Gasteiger partial charge in [-0.1, -0.05) is 13.8 Å². The molecule has 0 aromatic rings. The highest BCUT2D eigenvalue weighted by Gasteiger charge is 2.23. The molecule has 2 N–H and O–H groups in total. The number of sulfonamides is 1. The summed E-state index contributed by atoms with van der Waals surface area (Å²) in [5.41, 5.74) is 0. The molecule has 0 spiro atoms. The van der Waals surface area contributed by atoms with E-state index < -0.39 is 10.0 Å². The van der Waals surface area contributed by atoms with Crippen molar-refractivity contribution in [2.75, 3.05) is 32.0 Å². The summed E-state index contributed by atoms with van der Waals surface area (Å²) in [6.45, 7) is 7.25. The Kier molecular flexibility index (Phi) is 5.17. The fourth-order valence-electron chi connectivity index (χ4n) is 1.72. The van der Waals surface area contributed by atoms with Gasteiger partial charge >= 0.3 is 0 Å². The van der Waals surface area contributed by atoms with E-state index in [2.05, 4.69) is 18.7 Å². The van der Waals surface area contributed by atoms with Crippen molar-refractivity contribution >= 4 is 10.0 Å². The quantitative estimate of drug-likeness (QED) is 0.721. The Morgan fingerprint density at radius 2 is 2.19 bits per heavy atom. The fraction of sp³-hybridized carbons (Fsp3) is 1.00. The lowest BCUT2D eigenvalue weighted by atomic mass is 10.2. The molecule has 0 amide bonds. The molecule has 0 saturated carbocycles. The lowest BCUT2D eigenvalue weighted by molar-refractivity contribution is 0.0421. The molecule has 1 atom stereocenters. The Bertz CT molecular complexity index is 303. The van der Waals surface area contributed by atoms with Crippen LogP contribution in [0.15, 0.2) is 0 Å². The molecule has 6 heteroatoms. The minimum Gasteiger partial charge on any atom is -0.377 e. The molecule has 0 bridgehead atoms. The van der Waals surface area contributed by atoms with E-state index in [1.807, 2.05) is 0 Å². The van der Waals surface area contributed by atoms with Gasteiger partial charge in [0.1, 0.15) is 0 Å². The van der Waals surface area contributed by atoms with Crippen LogP contribution < -0.4 is 5.14 Å². The average Bonchev–Trinajstić information content (AvgIpc) is 2.58. The van der Waals surface area contributed by atoms with E-state index in [1.165, 1.54) is 0 Å². The Morgan fingerprint density at radius 3 is 2.75 bits per heavy atom. The van der Waals surface area contributed by atoms with Crippen LogP contribution in [0.4, 0.5) is 0 Å². The first-order valence-corrected chi connectivity index (χ1v) is 7.43. The van der Waals surface area contributed by atoms with Crippen LogP contribution in [0.3, 0.4) is 0 Å². The zero-order valence-corrected chi connectivity index (χ0v) is 10.9. The topological polar surface area (TPSA) is 72.6 Å². The predicted molar refractivity (Wildman–Crippen MR) is 63.6 cm³/mol. The van der Waals surface area contributed by atoms with Gasteiger partial charge in [0, 0.05) is 26.2 Å². The van der Waals surface area contributed by atoms with E-state index in [9.17, 15) is 8.42 Å². The van der Waals surface area contributed by atoms with Crippen LogP contribution in [0.1, 0.15) is 20.3 Å². The third-order valence-corrected chi connectivity index (χ3v) is 3.34. The molecule has 1 aliphatic heterocycles. The van der Waals surface area contributed by atoms with E-state index in [4.69, 9.17) is 9.88 Å². The summed E-state index contributed by atoms with van der Waals surface area (Å²) in [6, 6.07) is 0. The summed E-state index contributed by atoms with van der Waals surface area (Å²) >= 11 is 0. The van der Waals surface area contributed by atoms with Crippen LogP contribution in [-0.2, 0) is 14.8 Å². The molecular formula is C10H22N2O3S. The fourth-order valence-corrected chi connectivity index (χ4v) is 2.23. The van der Waals surface area contributed by atoms with Crippen LogP contribution in [0.25, 0.3) is 0 Å². The minimum atomic E-state index is -3.34. The van der Waals surface area contributed by atoms with Crippen molar-refractivity contribution < 1.29 is 13.2 Å². The first-order chi connectivity index (χ1) is 7.37. The largest absolute Gasteiger partial charge is 0.377 e. The van der Waals surface area contributed by atoms with Gasteiger partial charge in [-0.15, -0.1) is 0 Å². The summed E-state index contributed by atoms with van der Waals surface area (Å²) < 4.78 is 27.3. The zero-order valence-electron chi connectivity index (χ0n) is 10.1. The number of likely N-dealkylation sites (tertiary alicyclic amines) is 1. The Balaban J connectivity index is 2.20. The van der Waals surface area contributed by atoms with Crippen LogP contribution in [-0.4, -0.2) is 51.4 Å². The van der Waals surface area contributed by atoms with Crippen molar-refractivity contribution in [2.24, 2.45) is 11.1 Å². The van der Waals surface area contributed by atoms with Gasteiger partial charge in [0.2, 0.25) is 10.0 Å². The molecule has 1 heterocycles. The third kappa shape index (κ3) is 5.79. The van der Waals surface area contributed by atoms with Crippen LogP contribution >= 0.6 is 0 Å². The van der Waals surface area contributed by atoms with Gasteiger partial charge in [0.05, 0.1) is 11.9 Å². The second-order valence-electron chi connectivity index (χ2n) is 4.81. The maximum atomic E-state index is 10.8. The van der Waals surface area contributed by atoms with E-state index in [-0.39, 0.29) is 11.9 Å². The monoisotopic (exact) mass is 250 g/mol. The van der Waals surface area contributed by atoms with E-state index in [0.717, 1.165) is 26.1 Å². The van der Waals surface area contributed by atoms with Crippen LogP contribution in [0.2, 0.25) is 0 Å². The highest BCUT2D eigenvalue weighted by molar-refractivity contribution is 7.89. The van der Waals surface area contributed by atoms with E-state index >= 15 is 0 Å². The lowest BCUT2D eigenvalue weighted by Crippen LogP contribution is -2.31. The van der Waals surface area contributed by atoms with Gasteiger partial charge in [0.25, 0.3) is 0 Å². The third-order valence-electron chi connectivity index (χ3n) is 2.59. The Hall–Kier alpha value is -0.170. The van der Waals surface area contributed by atoms with Crippen molar-refractivity contribution in [1.29, 1.82) is 0 Å². The Morgan fingerprint density at radius 1 is 1.50 bits per heavy atom. The van der Waals surface area contributed by atoms with Crippen molar-refractivity contribution in [3.8, 4) is 0 Å². The number of ether oxygens (including phenoxy) is 1. The smallest absolute Gasteiger partial charge is 0.210 e. The second kappa shape index (κ2) is 5.95. The highest BCUT2D eigenvalue weighted by atomic mass is 32.2. The van der Waals surface area contributed by atoms with Crippen molar-refractivity contribution in [1.82, 2.24) is 4.90 Å². The summed E-state index contributed by atoms with van der Waals surface area (Å²) in [6.07, 6.45) is 1.24. The van der Waals surface area contributed by atoms with Crippen LogP contribution in [0.5, 0.6) is 0 Å². The number of hydrogen-bond acceptors (Lipinski definition) is 4. The molecule has 0 radical (unpaired) electrons. The van der Waals surface area contributed by atoms with Gasteiger partial charge in [0.15, 0.2) is 0 Å². The lowest BCUT2D eigenvalue weighted by Gasteiger charge is -2.16. The summed E-state index contributed by atoms with van der Waals surface area (Å²) in [4.78, 5) is 2.09. The van der Waals surface area contributed by atoms with Gasteiger partial charge in [-0.25, -0.2) is 13.6 Å². The van der Waals surface area contributed by atoms with E-state index in [0.29, 0.717) is 12.5 Å². The maximum absolute atomic E-state index is 10.8. The summed E-state index contributed by atoms with van der Waals surface area (Å²) in [7, 11) is -3.34. The normalized spacial score (nSPS) is 23.1. The standard InChI is InChI=1S/C10H22N2O3S/c1-9(2)8-15-10-3-4-12(7-10)5-6-16(11,13)14/h9-10H,3-8H2,1-2H3,(H2,11,13,14)/t10-/m0/s1. The molecule has 5 nitrogen and oxygen atoms in total. The SMILES string of the molecule is CC(C)CO[C@H]1CCN(CCS(N)(=O)=O)C1. The van der Waals surface area contributed by atoms with Gasteiger partial charge in [-0.2, -0.15) is 0 Å². The van der Waals surface area contributed by atoms with E-state index in [1.54, 1.807) is 0 Å². The number of nitrogens with zero attached hydrogens (tertiary/aromatic N) is 1. The number of hydrogen-bond donors (Lipinski definition) is 1. The maximum Gasteiger partial charge on any atom is 0.210 e. The van der Waals surface area contributed by atoms with Crippen molar-refractivity contribution in [3.05, 3.63) is 0 Å². The summed E-state index contributed by atoms with van der Waals surface area (Å²) in [5, 5.41) is 4.96. The van der Waals surface area contributed by atoms with Gasteiger partial charge in [-0.3, -0.25) is 4.90 Å².